The fourth-order valence-corrected chi connectivity index (χ4v) is 4.70. The Kier molecular flexibility index (Phi) is 5.07. The van der Waals surface area contributed by atoms with E-state index in [1.165, 1.54) is 19.3 Å². The fraction of sp³-hybridized carbons (Fsp3) is 0.923. The zero-order valence-electron chi connectivity index (χ0n) is 11.5. The summed E-state index contributed by atoms with van der Waals surface area (Å²) in [5.41, 5.74) is 5.85. The Hall–Kier alpha value is -0.780. The van der Waals surface area contributed by atoms with E-state index in [2.05, 4.69) is 10.3 Å². The van der Waals surface area contributed by atoms with Gasteiger partial charge in [0.2, 0.25) is 0 Å². The van der Waals surface area contributed by atoms with Gasteiger partial charge in [0.1, 0.15) is 0 Å². The first-order valence-corrected chi connectivity index (χ1v) is 9.07. The molecule has 1 saturated heterocycles. The molecule has 0 bridgehead atoms. The van der Waals surface area contributed by atoms with Crippen molar-refractivity contribution >= 4 is 15.8 Å². The molecule has 0 radical (unpaired) electrons. The smallest absolute Gasteiger partial charge is 0.188 e. The van der Waals surface area contributed by atoms with Crippen LogP contribution in [0.5, 0.6) is 0 Å². The second-order valence-corrected chi connectivity index (χ2v) is 8.09. The predicted octanol–water partition coefficient (Wildman–Crippen LogP) is 1.19. The lowest BCUT2D eigenvalue weighted by molar-refractivity contribution is 0.412. The molecular weight excluding hydrogens is 262 g/mol. The highest BCUT2D eigenvalue weighted by Crippen LogP contribution is 2.20. The maximum atomic E-state index is 11.9. The maximum absolute atomic E-state index is 11.9. The molecule has 1 heterocycles. The van der Waals surface area contributed by atoms with Crippen LogP contribution in [-0.4, -0.2) is 38.0 Å². The molecule has 1 saturated carbocycles. The molecule has 1 aliphatic carbocycles. The Bertz CT molecular complexity index is 414. The lowest BCUT2D eigenvalue weighted by Gasteiger charge is -2.24. The lowest BCUT2D eigenvalue weighted by atomic mass is 9.96. The maximum Gasteiger partial charge on any atom is 0.188 e. The Balaban J connectivity index is 1.83. The van der Waals surface area contributed by atoms with E-state index in [4.69, 9.17) is 5.73 Å². The van der Waals surface area contributed by atoms with Crippen LogP contribution in [0.2, 0.25) is 0 Å². The van der Waals surface area contributed by atoms with E-state index in [0.717, 1.165) is 32.1 Å². The topological polar surface area (TPSA) is 84.5 Å². The summed E-state index contributed by atoms with van der Waals surface area (Å²) in [5, 5.41) is 2.89. The molecule has 3 N–H and O–H groups in total. The molecule has 0 aromatic heterocycles. The SMILES string of the molecule is NC(=NCC1CCCCS1(=O)=O)NC1CCCCC1. The summed E-state index contributed by atoms with van der Waals surface area (Å²) in [6.45, 7) is 0.313. The first-order chi connectivity index (χ1) is 9.08. The van der Waals surface area contributed by atoms with Crippen LogP contribution in [0, 0.1) is 0 Å². The summed E-state index contributed by atoms with van der Waals surface area (Å²) in [6.07, 6.45) is 8.55. The van der Waals surface area contributed by atoms with E-state index in [1.807, 2.05) is 0 Å². The van der Waals surface area contributed by atoms with Crippen LogP contribution in [0.3, 0.4) is 0 Å². The van der Waals surface area contributed by atoms with E-state index in [-0.39, 0.29) is 5.25 Å². The van der Waals surface area contributed by atoms with Crippen molar-refractivity contribution in [3.63, 3.8) is 0 Å². The number of nitrogens with two attached hydrogens (primary N) is 1. The molecule has 6 heteroatoms. The first-order valence-electron chi connectivity index (χ1n) is 7.36. The standard InChI is InChI=1S/C13H25N3O2S/c14-13(16-11-6-2-1-3-7-11)15-10-12-8-4-5-9-19(12,17)18/h11-12H,1-10H2,(H3,14,15,16). The van der Waals surface area contributed by atoms with Crippen molar-refractivity contribution < 1.29 is 8.42 Å². The Morgan fingerprint density at radius 1 is 1.11 bits per heavy atom. The van der Waals surface area contributed by atoms with E-state index >= 15 is 0 Å². The summed E-state index contributed by atoms with van der Waals surface area (Å²) in [7, 11) is -2.94. The van der Waals surface area contributed by atoms with Crippen LogP contribution >= 0.6 is 0 Å². The molecule has 2 rings (SSSR count). The molecule has 2 fully saturated rings. The number of sulfone groups is 1. The van der Waals surface area contributed by atoms with Gasteiger partial charge in [-0.3, -0.25) is 4.99 Å². The number of hydrogen-bond donors (Lipinski definition) is 2. The molecule has 1 unspecified atom stereocenters. The highest BCUT2D eigenvalue weighted by molar-refractivity contribution is 7.92. The molecule has 0 amide bonds. The van der Waals surface area contributed by atoms with Gasteiger partial charge < -0.3 is 11.1 Å². The third-order valence-electron chi connectivity index (χ3n) is 4.14. The predicted molar refractivity (Wildman–Crippen MR) is 77.9 cm³/mol. The fourth-order valence-electron chi connectivity index (χ4n) is 2.93. The van der Waals surface area contributed by atoms with Crippen molar-refractivity contribution in [2.75, 3.05) is 12.3 Å². The second-order valence-electron chi connectivity index (χ2n) is 5.69. The number of hydrogen-bond acceptors (Lipinski definition) is 3. The normalized spacial score (nSPS) is 29.1. The van der Waals surface area contributed by atoms with Crippen molar-refractivity contribution in [2.45, 2.75) is 62.7 Å². The summed E-state index contributed by atoms with van der Waals surface area (Å²) in [6, 6.07) is 0.417. The average molecular weight is 287 g/mol. The molecule has 110 valence electrons. The third-order valence-corrected chi connectivity index (χ3v) is 6.39. The summed E-state index contributed by atoms with van der Waals surface area (Å²) >= 11 is 0. The van der Waals surface area contributed by atoms with Gasteiger partial charge in [-0.2, -0.15) is 0 Å². The molecular formula is C13H25N3O2S. The van der Waals surface area contributed by atoms with Crippen molar-refractivity contribution in [1.82, 2.24) is 5.32 Å². The van der Waals surface area contributed by atoms with Gasteiger partial charge in [0, 0.05) is 6.04 Å². The second kappa shape index (κ2) is 6.59. The van der Waals surface area contributed by atoms with E-state index in [1.54, 1.807) is 0 Å². The molecule has 2 aliphatic rings. The Labute approximate surface area is 116 Å². The van der Waals surface area contributed by atoms with Gasteiger partial charge >= 0.3 is 0 Å². The summed E-state index contributed by atoms with van der Waals surface area (Å²) < 4.78 is 23.7. The van der Waals surface area contributed by atoms with Crippen LogP contribution in [0.4, 0.5) is 0 Å². The van der Waals surface area contributed by atoms with Crippen molar-refractivity contribution in [1.29, 1.82) is 0 Å². The van der Waals surface area contributed by atoms with E-state index < -0.39 is 9.84 Å². The minimum atomic E-state index is -2.94. The van der Waals surface area contributed by atoms with Gasteiger partial charge in [0.15, 0.2) is 15.8 Å². The molecule has 5 nitrogen and oxygen atoms in total. The minimum absolute atomic E-state index is 0.309. The van der Waals surface area contributed by atoms with E-state index in [0.29, 0.717) is 24.3 Å². The molecule has 0 spiro atoms. The first kappa shape index (κ1) is 14.6. The van der Waals surface area contributed by atoms with Gasteiger partial charge in [-0.15, -0.1) is 0 Å². The molecule has 0 aromatic rings. The van der Waals surface area contributed by atoms with Gasteiger partial charge in [-0.05, 0) is 25.7 Å². The van der Waals surface area contributed by atoms with E-state index in [9.17, 15) is 8.42 Å². The summed E-state index contributed by atoms with van der Waals surface area (Å²) in [5.74, 6) is 0.719. The van der Waals surface area contributed by atoms with Crippen LogP contribution < -0.4 is 11.1 Å². The Morgan fingerprint density at radius 2 is 1.79 bits per heavy atom. The van der Waals surface area contributed by atoms with Gasteiger partial charge in [-0.25, -0.2) is 8.42 Å². The monoisotopic (exact) mass is 287 g/mol. The van der Waals surface area contributed by atoms with Crippen molar-refractivity contribution in [2.24, 2.45) is 10.7 Å². The number of nitrogens with one attached hydrogen (secondary N) is 1. The van der Waals surface area contributed by atoms with Crippen molar-refractivity contribution in [3.8, 4) is 0 Å². The molecule has 1 atom stereocenters. The highest BCUT2D eigenvalue weighted by Gasteiger charge is 2.28. The zero-order chi connectivity index (χ0) is 13.7. The van der Waals surface area contributed by atoms with Crippen molar-refractivity contribution in [3.05, 3.63) is 0 Å². The van der Waals surface area contributed by atoms with Gasteiger partial charge in [-0.1, -0.05) is 25.7 Å². The summed E-state index contributed by atoms with van der Waals surface area (Å²) in [4.78, 5) is 4.24. The van der Waals surface area contributed by atoms with Gasteiger partial charge in [0.05, 0.1) is 17.5 Å². The largest absolute Gasteiger partial charge is 0.370 e. The number of nitrogens with zero attached hydrogens (tertiary/aromatic N) is 1. The number of guanidine groups is 1. The third kappa shape index (κ3) is 4.37. The molecule has 1 aliphatic heterocycles. The van der Waals surface area contributed by atoms with Crippen LogP contribution in [0.1, 0.15) is 51.4 Å². The Morgan fingerprint density at radius 3 is 2.47 bits per heavy atom. The van der Waals surface area contributed by atoms with Crippen LogP contribution in [-0.2, 0) is 9.84 Å². The molecule has 0 aromatic carbocycles. The number of rotatable bonds is 3. The highest BCUT2D eigenvalue weighted by atomic mass is 32.2. The van der Waals surface area contributed by atoms with Crippen LogP contribution in [0.15, 0.2) is 4.99 Å². The van der Waals surface area contributed by atoms with Gasteiger partial charge in [0.25, 0.3) is 0 Å². The quantitative estimate of drug-likeness (QED) is 0.603. The lowest BCUT2D eigenvalue weighted by Crippen LogP contribution is -2.42. The van der Waals surface area contributed by atoms with Crippen LogP contribution in [0.25, 0.3) is 0 Å². The molecule has 19 heavy (non-hydrogen) atoms. The average Bonchev–Trinajstić information content (AvgIpc) is 2.38. The number of aliphatic imine (C=N–C) groups is 1. The zero-order valence-corrected chi connectivity index (χ0v) is 12.3. The minimum Gasteiger partial charge on any atom is -0.370 e.